The monoisotopic (exact) mass is 195 g/mol. The summed E-state index contributed by atoms with van der Waals surface area (Å²) in [6.07, 6.45) is 6.33. The van der Waals surface area contributed by atoms with Crippen LogP contribution in [-0.4, -0.2) is 12.8 Å². The zero-order valence-corrected chi connectivity index (χ0v) is 7.47. The van der Waals surface area contributed by atoms with Gasteiger partial charge in [0, 0.05) is 5.70 Å². The first kappa shape index (κ1) is 10.6. The highest BCUT2D eigenvalue weighted by atomic mass is 35.5. The van der Waals surface area contributed by atoms with Crippen LogP contribution >= 0.6 is 24.8 Å². The SMILES string of the molecule is C1=CNC2NCNC2=C1.Cl.Cl. The van der Waals surface area contributed by atoms with Gasteiger partial charge >= 0.3 is 0 Å². The molecule has 1 unspecified atom stereocenters. The molecule has 11 heavy (non-hydrogen) atoms. The Kier molecular flexibility index (Phi) is 4.33. The molecule has 2 rings (SSSR count). The van der Waals surface area contributed by atoms with Crippen LogP contribution in [0.3, 0.4) is 0 Å². The van der Waals surface area contributed by atoms with Crippen LogP contribution in [0.1, 0.15) is 0 Å². The maximum atomic E-state index is 3.22. The fourth-order valence-electron chi connectivity index (χ4n) is 1.07. The van der Waals surface area contributed by atoms with Crippen LogP contribution in [0.25, 0.3) is 0 Å². The van der Waals surface area contributed by atoms with Crippen LogP contribution in [0, 0.1) is 0 Å². The van der Waals surface area contributed by atoms with Gasteiger partial charge in [0.25, 0.3) is 0 Å². The minimum Gasteiger partial charge on any atom is -0.373 e. The standard InChI is InChI=1S/C6H9N3.2ClH/c1-2-5-6(7-3-1)9-4-8-5;;/h1-3,6-9H,4H2;2*1H. The van der Waals surface area contributed by atoms with Gasteiger partial charge in [0.1, 0.15) is 6.17 Å². The van der Waals surface area contributed by atoms with Crippen LogP contribution in [0.4, 0.5) is 0 Å². The molecule has 0 radical (unpaired) electrons. The molecule has 1 atom stereocenters. The van der Waals surface area contributed by atoms with Gasteiger partial charge in [0.05, 0.1) is 6.67 Å². The first-order valence-electron chi connectivity index (χ1n) is 3.07. The lowest BCUT2D eigenvalue weighted by molar-refractivity contribution is 0.605. The Labute approximate surface area is 78.1 Å². The number of hydrogen-bond donors (Lipinski definition) is 3. The third-order valence-corrected chi connectivity index (χ3v) is 1.54. The van der Waals surface area contributed by atoms with Crippen molar-refractivity contribution in [2.45, 2.75) is 6.17 Å². The summed E-state index contributed by atoms with van der Waals surface area (Å²) in [5, 5.41) is 9.57. The Morgan fingerprint density at radius 1 is 1.36 bits per heavy atom. The lowest BCUT2D eigenvalue weighted by atomic mass is 10.3. The molecule has 2 heterocycles. The number of nitrogens with one attached hydrogen (secondary N) is 3. The Bertz CT molecular complexity index is 179. The minimum atomic E-state index is 0. The molecular formula is C6H11Cl2N3. The van der Waals surface area contributed by atoms with Gasteiger partial charge in [-0.15, -0.1) is 24.8 Å². The smallest absolute Gasteiger partial charge is 0.119 e. The largest absolute Gasteiger partial charge is 0.373 e. The fourth-order valence-corrected chi connectivity index (χ4v) is 1.07. The van der Waals surface area contributed by atoms with E-state index in [1.807, 2.05) is 12.3 Å². The van der Waals surface area contributed by atoms with Crippen molar-refractivity contribution in [2.24, 2.45) is 0 Å². The van der Waals surface area contributed by atoms with Gasteiger partial charge in [-0.25, -0.2) is 0 Å². The van der Waals surface area contributed by atoms with E-state index in [0.29, 0.717) is 6.17 Å². The Hall–Kier alpha value is -0.380. The van der Waals surface area contributed by atoms with Crippen molar-refractivity contribution in [3.8, 4) is 0 Å². The molecule has 2 aliphatic heterocycles. The summed E-state index contributed by atoms with van der Waals surface area (Å²) < 4.78 is 0. The van der Waals surface area contributed by atoms with Crippen molar-refractivity contribution < 1.29 is 0 Å². The molecule has 0 spiro atoms. The molecule has 3 nitrogen and oxygen atoms in total. The fraction of sp³-hybridized carbons (Fsp3) is 0.333. The van der Waals surface area contributed by atoms with E-state index in [4.69, 9.17) is 0 Å². The van der Waals surface area contributed by atoms with Crippen molar-refractivity contribution in [1.29, 1.82) is 0 Å². The van der Waals surface area contributed by atoms with Gasteiger partial charge in [0.15, 0.2) is 0 Å². The van der Waals surface area contributed by atoms with Crippen molar-refractivity contribution in [2.75, 3.05) is 6.67 Å². The zero-order valence-electron chi connectivity index (χ0n) is 5.83. The molecule has 0 aromatic rings. The summed E-state index contributed by atoms with van der Waals surface area (Å²) in [7, 11) is 0. The average Bonchev–Trinajstić information content (AvgIpc) is 2.33. The van der Waals surface area contributed by atoms with E-state index in [1.54, 1.807) is 0 Å². The van der Waals surface area contributed by atoms with Crippen LogP contribution in [0.15, 0.2) is 24.0 Å². The second-order valence-corrected chi connectivity index (χ2v) is 2.14. The van der Waals surface area contributed by atoms with E-state index in [-0.39, 0.29) is 24.8 Å². The number of fused-ring (bicyclic) bond motifs is 1. The minimum absolute atomic E-state index is 0. The third kappa shape index (κ3) is 2.02. The van der Waals surface area contributed by atoms with Crippen LogP contribution in [0.2, 0.25) is 0 Å². The molecule has 5 heteroatoms. The normalized spacial score (nSPS) is 24.7. The summed E-state index contributed by atoms with van der Waals surface area (Å²) in [5.41, 5.74) is 1.23. The predicted molar refractivity (Wildman–Crippen MR) is 49.8 cm³/mol. The second-order valence-electron chi connectivity index (χ2n) is 2.14. The molecule has 3 N–H and O–H groups in total. The van der Waals surface area contributed by atoms with Gasteiger partial charge in [-0.05, 0) is 18.4 Å². The first-order valence-corrected chi connectivity index (χ1v) is 3.07. The maximum Gasteiger partial charge on any atom is 0.119 e. The summed E-state index contributed by atoms with van der Waals surface area (Å²) in [4.78, 5) is 0. The van der Waals surface area contributed by atoms with E-state index in [9.17, 15) is 0 Å². The zero-order chi connectivity index (χ0) is 6.10. The Balaban J connectivity index is 0.000000500. The number of dihydropyridines is 1. The molecule has 0 bridgehead atoms. The molecule has 0 aromatic carbocycles. The highest BCUT2D eigenvalue weighted by Crippen LogP contribution is 2.04. The summed E-state index contributed by atoms with van der Waals surface area (Å²) in [5.74, 6) is 0. The average molecular weight is 196 g/mol. The van der Waals surface area contributed by atoms with Crippen LogP contribution in [0.5, 0.6) is 0 Å². The van der Waals surface area contributed by atoms with Gasteiger partial charge in [0.2, 0.25) is 0 Å². The van der Waals surface area contributed by atoms with Gasteiger partial charge in [-0.1, -0.05) is 0 Å². The summed E-state index contributed by atoms with van der Waals surface area (Å²) in [6, 6.07) is 0. The molecule has 1 saturated heterocycles. The quantitative estimate of drug-likeness (QED) is 0.521. The molecule has 64 valence electrons. The third-order valence-electron chi connectivity index (χ3n) is 1.54. The van der Waals surface area contributed by atoms with E-state index >= 15 is 0 Å². The van der Waals surface area contributed by atoms with Crippen molar-refractivity contribution >= 4 is 24.8 Å². The molecule has 1 fully saturated rings. The summed E-state index contributed by atoms with van der Waals surface area (Å²) >= 11 is 0. The van der Waals surface area contributed by atoms with Crippen LogP contribution in [-0.2, 0) is 0 Å². The predicted octanol–water partition coefficient (Wildman–Crippen LogP) is 0.307. The number of hydrogen-bond acceptors (Lipinski definition) is 3. The molecular weight excluding hydrogens is 185 g/mol. The van der Waals surface area contributed by atoms with Crippen LogP contribution < -0.4 is 16.0 Å². The summed E-state index contributed by atoms with van der Waals surface area (Å²) in [6.45, 7) is 0.866. The maximum absolute atomic E-state index is 3.22. The second kappa shape index (κ2) is 4.49. The van der Waals surface area contributed by atoms with Gasteiger partial charge < -0.3 is 10.6 Å². The van der Waals surface area contributed by atoms with Gasteiger partial charge in [-0.3, -0.25) is 5.32 Å². The lowest BCUT2D eigenvalue weighted by Gasteiger charge is -2.13. The van der Waals surface area contributed by atoms with Crippen molar-refractivity contribution in [3.63, 3.8) is 0 Å². The van der Waals surface area contributed by atoms with Crippen molar-refractivity contribution in [3.05, 3.63) is 24.0 Å². The van der Waals surface area contributed by atoms with E-state index < -0.39 is 0 Å². The van der Waals surface area contributed by atoms with E-state index in [0.717, 1.165) is 6.67 Å². The van der Waals surface area contributed by atoms with E-state index in [2.05, 4.69) is 22.0 Å². The first-order chi connectivity index (χ1) is 4.47. The molecule has 0 aliphatic carbocycles. The Morgan fingerprint density at radius 2 is 2.18 bits per heavy atom. The molecule has 0 saturated carbocycles. The molecule has 2 aliphatic rings. The lowest BCUT2D eigenvalue weighted by Crippen LogP contribution is -2.36. The highest BCUT2D eigenvalue weighted by Gasteiger charge is 2.18. The van der Waals surface area contributed by atoms with Crippen molar-refractivity contribution in [1.82, 2.24) is 16.0 Å². The van der Waals surface area contributed by atoms with Gasteiger partial charge in [-0.2, -0.15) is 0 Å². The number of rotatable bonds is 0. The number of allylic oxidation sites excluding steroid dienone is 2. The Morgan fingerprint density at radius 3 is 2.91 bits per heavy atom. The van der Waals surface area contributed by atoms with E-state index in [1.165, 1.54) is 5.70 Å². The highest BCUT2D eigenvalue weighted by molar-refractivity contribution is 5.85. The topological polar surface area (TPSA) is 36.1 Å². The molecule has 0 amide bonds. The number of halogens is 2. The molecule has 0 aromatic heterocycles.